The minimum absolute atomic E-state index is 0.210. The molecule has 1 atom stereocenters. The minimum atomic E-state index is -0.580. The molecule has 3 rings (SSSR count). The predicted octanol–water partition coefficient (Wildman–Crippen LogP) is 2.27. The van der Waals surface area contributed by atoms with E-state index in [-0.39, 0.29) is 24.6 Å². The summed E-state index contributed by atoms with van der Waals surface area (Å²) in [5, 5.41) is 2.59. The molecule has 1 aliphatic heterocycles. The molecule has 0 radical (unpaired) electrons. The van der Waals surface area contributed by atoms with E-state index in [4.69, 9.17) is 10.5 Å². The third-order valence-electron chi connectivity index (χ3n) is 3.95. The molecule has 7 heteroatoms. The highest BCUT2D eigenvalue weighted by atomic mass is 19.1. The van der Waals surface area contributed by atoms with Crippen LogP contribution in [0.4, 0.5) is 20.6 Å². The molecule has 0 unspecified atom stereocenters. The highest BCUT2D eigenvalue weighted by molar-refractivity contribution is 5.90. The van der Waals surface area contributed by atoms with Gasteiger partial charge in [0.1, 0.15) is 11.9 Å². The number of benzene rings is 2. The summed E-state index contributed by atoms with van der Waals surface area (Å²) in [6.07, 6.45) is -1.06. The van der Waals surface area contributed by atoms with Crippen molar-refractivity contribution in [2.75, 3.05) is 23.7 Å². The number of nitrogens with zero attached hydrogens (tertiary/aromatic N) is 1. The van der Waals surface area contributed by atoms with E-state index in [1.807, 2.05) is 0 Å². The maximum Gasteiger partial charge on any atom is 0.414 e. The second-order valence-corrected chi connectivity index (χ2v) is 6.09. The third-order valence-corrected chi connectivity index (χ3v) is 3.95. The SMILES string of the molecule is CC(=O)NC[C@H]1CN(c2ccc(C#Cc3cccc(N)c3)c(F)c2)C(=O)O1. The van der Waals surface area contributed by atoms with Crippen LogP contribution in [0.25, 0.3) is 0 Å². The van der Waals surface area contributed by atoms with Crippen LogP contribution in [-0.4, -0.2) is 31.2 Å². The van der Waals surface area contributed by atoms with E-state index in [1.54, 1.807) is 30.3 Å². The smallest absolute Gasteiger partial charge is 0.414 e. The van der Waals surface area contributed by atoms with Crippen LogP contribution in [0.2, 0.25) is 0 Å². The van der Waals surface area contributed by atoms with Gasteiger partial charge in [-0.25, -0.2) is 9.18 Å². The summed E-state index contributed by atoms with van der Waals surface area (Å²) < 4.78 is 19.6. The molecule has 1 saturated heterocycles. The topological polar surface area (TPSA) is 84.7 Å². The fourth-order valence-electron chi connectivity index (χ4n) is 2.63. The number of halogens is 1. The van der Waals surface area contributed by atoms with E-state index in [1.165, 1.54) is 24.0 Å². The zero-order chi connectivity index (χ0) is 19.4. The first-order valence-electron chi connectivity index (χ1n) is 8.32. The van der Waals surface area contributed by atoms with Gasteiger partial charge < -0.3 is 15.8 Å². The molecule has 138 valence electrons. The number of carbonyl (C=O) groups excluding carboxylic acids is 2. The Morgan fingerprint density at radius 3 is 2.85 bits per heavy atom. The van der Waals surface area contributed by atoms with Gasteiger partial charge in [-0.05, 0) is 36.4 Å². The molecule has 3 N–H and O–H groups in total. The van der Waals surface area contributed by atoms with Gasteiger partial charge in [0.15, 0.2) is 0 Å². The molecule has 2 aromatic carbocycles. The lowest BCUT2D eigenvalue weighted by molar-refractivity contribution is -0.119. The summed E-state index contributed by atoms with van der Waals surface area (Å²) >= 11 is 0. The molecule has 2 aromatic rings. The Kier molecular flexibility index (Phi) is 5.27. The van der Waals surface area contributed by atoms with Gasteiger partial charge >= 0.3 is 6.09 Å². The number of amides is 2. The van der Waals surface area contributed by atoms with Gasteiger partial charge in [-0.15, -0.1) is 0 Å². The molecule has 1 heterocycles. The molecule has 27 heavy (non-hydrogen) atoms. The number of carbonyl (C=O) groups is 2. The Labute approximate surface area is 156 Å². The van der Waals surface area contributed by atoms with Crippen molar-refractivity contribution in [2.45, 2.75) is 13.0 Å². The molecule has 0 bridgehead atoms. The van der Waals surface area contributed by atoms with Crippen LogP contribution in [-0.2, 0) is 9.53 Å². The molecule has 0 aromatic heterocycles. The normalized spacial score (nSPS) is 15.7. The standard InChI is InChI=1S/C20H18FN3O3/c1-13(25)23-11-18-12-24(20(26)27-18)17-8-7-15(19(21)10-17)6-5-14-3-2-4-16(22)9-14/h2-4,7-10,18H,11-12,22H2,1H3,(H,23,25)/t18-/m0/s1. The highest BCUT2D eigenvalue weighted by Crippen LogP contribution is 2.23. The Morgan fingerprint density at radius 1 is 1.33 bits per heavy atom. The Hall–Kier alpha value is -3.53. The van der Waals surface area contributed by atoms with Gasteiger partial charge in [0, 0.05) is 18.2 Å². The molecular formula is C20H18FN3O3. The average molecular weight is 367 g/mol. The van der Waals surface area contributed by atoms with Crippen molar-refractivity contribution in [2.24, 2.45) is 0 Å². The quantitative estimate of drug-likeness (QED) is 0.644. The highest BCUT2D eigenvalue weighted by Gasteiger charge is 2.32. The van der Waals surface area contributed by atoms with Crippen LogP contribution in [0.5, 0.6) is 0 Å². The molecule has 2 amide bonds. The van der Waals surface area contributed by atoms with Crippen molar-refractivity contribution in [1.82, 2.24) is 5.32 Å². The fourth-order valence-corrected chi connectivity index (χ4v) is 2.63. The second-order valence-electron chi connectivity index (χ2n) is 6.09. The number of cyclic esters (lactones) is 1. The van der Waals surface area contributed by atoms with Crippen LogP contribution in [0.1, 0.15) is 18.1 Å². The van der Waals surface area contributed by atoms with E-state index in [0.29, 0.717) is 16.9 Å². The van der Waals surface area contributed by atoms with Gasteiger partial charge in [-0.2, -0.15) is 0 Å². The lowest BCUT2D eigenvalue weighted by Crippen LogP contribution is -2.33. The van der Waals surface area contributed by atoms with E-state index >= 15 is 0 Å². The molecule has 1 fully saturated rings. The van der Waals surface area contributed by atoms with E-state index < -0.39 is 18.0 Å². The molecule has 0 saturated carbocycles. The predicted molar refractivity (Wildman–Crippen MR) is 99.5 cm³/mol. The lowest BCUT2D eigenvalue weighted by Gasteiger charge is -2.13. The van der Waals surface area contributed by atoms with Gasteiger partial charge in [-0.3, -0.25) is 9.69 Å². The summed E-state index contributed by atoms with van der Waals surface area (Å²) in [6.45, 7) is 1.82. The summed E-state index contributed by atoms with van der Waals surface area (Å²) in [5.74, 6) is 4.87. The molecule has 6 nitrogen and oxygen atoms in total. The monoisotopic (exact) mass is 367 g/mol. The number of hydrogen-bond acceptors (Lipinski definition) is 4. The summed E-state index contributed by atoms with van der Waals surface area (Å²) in [7, 11) is 0. The van der Waals surface area contributed by atoms with Crippen molar-refractivity contribution in [3.63, 3.8) is 0 Å². The van der Waals surface area contributed by atoms with Crippen molar-refractivity contribution in [3.05, 3.63) is 59.4 Å². The average Bonchev–Trinajstić information content (AvgIpc) is 3.00. The second kappa shape index (κ2) is 7.79. The zero-order valence-corrected chi connectivity index (χ0v) is 14.7. The van der Waals surface area contributed by atoms with Gasteiger partial charge in [0.05, 0.1) is 24.3 Å². The molecule has 1 aliphatic rings. The number of nitrogens with two attached hydrogens (primary N) is 1. The number of rotatable bonds is 3. The van der Waals surface area contributed by atoms with Crippen LogP contribution >= 0.6 is 0 Å². The number of anilines is 2. The Bertz CT molecular complexity index is 949. The van der Waals surface area contributed by atoms with Gasteiger partial charge in [0.2, 0.25) is 5.91 Å². The van der Waals surface area contributed by atoms with Gasteiger partial charge in [-0.1, -0.05) is 17.9 Å². The summed E-state index contributed by atoms with van der Waals surface area (Å²) in [4.78, 5) is 24.3. The van der Waals surface area contributed by atoms with E-state index in [0.717, 1.165) is 0 Å². The number of ether oxygens (including phenoxy) is 1. The van der Waals surface area contributed by atoms with Crippen molar-refractivity contribution >= 4 is 23.4 Å². The van der Waals surface area contributed by atoms with Crippen LogP contribution in [0.15, 0.2) is 42.5 Å². The van der Waals surface area contributed by atoms with Crippen molar-refractivity contribution < 1.29 is 18.7 Å². The number of nitrogen functional groups attached to an aromatic ring is 1. The minimum Gasteiger partial charge on any atom is -0.442 e. The van der Waals surface area contributed by atoms with E-state index in [9.17, 15) is 14.0 Å². The number of nitrogens with one attached hydrogen (secondary N) is 1. The Morgan fingerprint density at radius 2 is 2.15 bits per heavy atom. The summed E-state index contributed by atoms with van der Waals surface area (Å²) in [6, 6.07) is 11.4. The Balaban J connectivity index is 1.73. The maximum absolute atomic E-state index is 14.4. The van der Waals surface area contributed by atoms with Crippen molar-refractivity contribution in [3.8, 4) is 11.8 Å². The number of hydrogen-bond donors (Lipinski definition) is 2. The third kappa shape index (κ3) is 4.55. The summed E-state index contributed by atoms with van der Waals surface area (Å²) in [5.41, 5.74) is 7.54. The van der Waals surface area contributed by atoms with E-state index in [2.05, 4.69) is 17.2 Å². The van der Waals surface area contributed by atoms with Crippen molar-refractivity contribution in [1.29, 1.82) is 0 Å². The van der Waals surface area contributed by atoms with Crippen LogP contribution < -0.4 is 16.0 Å². The lowest BCUT2D eigenvalue weighted by atomic mass is 10.1. The van der Waals surface area contributed by atoms with Crippen LogP contribution in [0, 0.1) is 17.7 Å². The first-order valence-corrected chi connectivity index (χ1v) is 8.32. The fraction of sp³-hybridized carbons (Fsp3) is 0.200. The molecule has 0 spiro atoms. The first-order chi connectivity index (χ1) is 12.9. The van der Waals surface area contributed by atoms with Crippen LogP contribution in [0.3, 0.4) is 0 Å². The zero-order valence-electron chi connectivity index (χ0n) is 14.7. The first kappa shape index (κ1) is 18.3. The molecular weight excluding hydrogens is 349 g/mol. The van der Waals surface area contributed by atoms with Gasteiger partial charge in [0.25, 0.3) is 0 Å². The largest absolute Gasteiger partial charge is 0.442 e. The maximum atomic E-state index is 14.4. The molecule has 0 aliphatic carbocycles.